The summed E-state index contributed by atoms with van der Waals surface area (Å²) in [6.07, 6.45) is 16.3. The maximum absolute atomic E-state index is 12.8. The van der Waals surface area contributed by atoms with Gasteiger partial charge in [-0.15, -0.1) is 0 Å². The van der Waals surface area contributed by atoms with Gasteiger partial charge < -0.3 is 14.0 Å². The van der Waals surface area contributed by atoms with Gasteiger partial charge in [-0.25, -0.2) is 4.79 Å². The molecule has 0 bridgehead atoms. The number of carbonyl (C=O) groups excluding carboxylic acids is 1. The van der Waals surface area contributed by atoms with Gasteiger partial charge in [0.05, 0.1) is 27.3 Å². The van der Waals surface area contributed by atoms with E-state index in [0.717, 1.165) is 25.1 Å². The third-order valence-electron chi connectivity index (χ3n) is 7.48. The first kappa shape index (κ1) is 31.9. The smallest absolute Gasteiger partial charge is 0.364 e. The Morgan fingerprint density at radius 2 is 1.32 bits per heavy atom. The Kier molecular flexibility index (Phi) is 15.8. The van der Waals surface area contributed by atoms with Gasteiger partial charge >= 0.3 is 5.97 Å². The summed E-state index contributed by atoms with van der Waals surface area (Å²) in [7, 11) is 4.21. The number of aryl methyl sites for hydroxylation is 1. The highest BCUT2D eigenvalue weighted by atomic mass is 16.5. The minimum absolute atomic E-state index is 0.121. The molecule has 4 nitrogen and oxygen atoms in total. The lowest BCUT2D eigenvalue weighted by Gasteiger charge is -2.36. The van der Waals surface area contributed by atoms with Crippen LogP contribution in [0.4, 0.5) is 0 Å². The fraction of sp³-hybridized carbons (Fsp3) is 0.618. The summed E-state index contributed by atoms with van der Waals surface area (Å²) in [6, 6.07) is 18.6. The van der Waals surface area contributed by atoms with Crippen LogP contribution in [0.25, 0.3) is 0 Å². The molecule has 0 aliphatic heterocycles. The number of rotatable bonds is 21. The minimum Gasteiger partial charge on any atom is -0.493 e. The Morgan fingerprint density at radius 1 is 0.711 bits per heavy atom. The van der Waals surface area contributed by atoms with E-state index in [4.69, 9.17) is 9.47 Å². The van der Waals surface area contributed by atoms with Crippen molar-refractivity contribution in [2.45, 2.75) is 110 Å². The Labute approximate surface area is 233 Å². The Balaban J connectivity index is 1.57. The molecule has 0 saturated carbocycles. The molecule has 0 aliphatic carbocycles. The summed E-state index contributed by atoms with van der Waals surface area (Å²) in [6.45, 7) is 6.06. The molecule has 0 heterocycles. The van der Waals surface area contributed by atoms with Gasteiger partial charge in [-0.1, -0.05) is 114 Å². The topological polar surface area (TPSA) is 35.5 Å². The number of hydrogen-bond donors (Lipinski definition) is 0. The van der Waals surface area contributed by atoms with Crippen LogP contribution in [0.5, 0.6) is 5.75 Å². The van der Waals surface area contributed by atoms with Crippen LogP contribution < -0.4 is 4.74 Å². The quantitative estimate of drug-likeness (QED) is 0.0932. The van der Waals surface area contributed by atoms with Crippen LogP contribution >= 0.6 is 0 Å². The second-order valence-corrected chi connectivity index (χ2v) is 11.3. The van der Waals surface area contributed by atoms with E-state index in [9.17, 15) is 4.79 Å². The molecule has 0 saturated heterocycles. The second kappa shape index (κ2) is 18.8. The first-order chi connectivity index (χ1) is 18.5. The summed E-state index contributed by atoms with van der Waals surface area (Å²) in [5.41, 5.74) is 2.61. The monoisotopic (exact) mass is 524 g/mol. The molecule has 0 aliphatic rings. The van der Waals surface area contributed by atoms with Crippen LogP contribution in [-0.4, -0.2) is 43.8 Å². The predicted molar refractivity (Wildman–Crippen MR) is 159 cm³/mol. The highest BCUT2D eigenvalue weighted by molar-refractivity contribution is 5.74. The number of benzene rings is 2. The normalized spacial score (nSPS) is 12.3. The van der Waals surface area contributed by atoms with Gasteiger partial charge in [-0.3, -0.25) is 0 Å². The highest BCUT2D eigenvalue weighted by Crippen LogP contribution is 2.19. The molecular weight excluding hydrogens is 470 g/mol. The average Bonchev–Trinajstić information content (AvgIpc) is 2.91. The largest absolute Gasteiger partial charge is 0.493 e. The summed E-state index contributed by atoms with van der Waals surface area (Å²) in [5, 5.41) is 0. The van der Waals surface area contributed by atoms with E-state index in [-0.39, 0.29) is 12.0 Å². The number of likely N-dealkylation sites (N-methyl/N-ethyl adjacent to an activating group) is 1. The van der Waals surface area contributed by atoms with E-state index in [2.05, 4.69) is 64.3 Å². The zero-order valence-corrected chi connectivity index (χ0v) is 24.8. The van der Waals surface area contributed by atoms with E-state index in [1.165, 1.54) is 75.3 Å². The van der Waals surface area contributed by atoms with Crippen LogP contribution in [0.2, 0.25) is 0 Å². The fourth-order valence-electron chi connectivity index (χ4n) is 5.20. The lowest BCUT2D eigenvalue weighted by molar-refractivity contribution is -0.919. The van der Waals surface area contributed by atoms with E-state index in [0.29, 0.717) is 24.1 Å². The van der Waals surface area contributed by atoms with Crippen molar-refractivity contribution in [3.05, 3.63) is 65.7 Å². The zero-order valence-electron chi connectivity index (χ0n) is 24.8. The zero-order chi connectivity index (χ0) is 27.5. The molecule has 1 unspecified atom stereocenters. The Hall–Kier alpha value is -2.33. The number of nitrogens with zero attached hydrogens (tertiary/aromatic N) is 1. The van der Waals surface area contributed by atoms with Gasteiger partial charge in [-0.2, -0.15) is 0 Å². The maximum Gasteiger partial charge on any atom is 0.364 e. The van der Waals surface area contributed by atoms with Gasteiger partial charge in [0, 0.05) is 18.4 Å². The second-order valence-electron chi connectivity index (χ2n) is 11.3. The van der Waals surface area contributed by atoms with Crippen LogP contribution in [0.15, 0.2) is 54.6 Å². The van der Waals surface area contributed by atoms with E-state index in [1.54, 1.807) is 0 Å². The van der Waals surface area contributed by atoms with Crippen molar-refractivity contribution < 1.29 is 18.8 Å². The van der Waals surface area contributed by atoms with Crippen LogP contribution in [0, 0.1) is 0 Å². The number of esters is 1. The molecule has 2 aromatic rings. The van der Waals surface area contributed by atoms with Gasteiger partial charge in [-0.05, 0) is 30.5 Å². The summed E-state index contributed by atoms with van der Waals surface area (Å²) >= 11 is 0. The third kappa shape index (κ3) is 13.0. The summed E-state index contributed by atoms with van der Waals surface area (Å²) < 4.78 is 12.1. The molecule has 0 N–H and O–H groups in total. The van der Waals surface area contributed by atoms with Gasteiger partial charge in [0.2, 0.25) is 0 Å². The number of hydrogen-bond acceptors (Lipinski definition) is 3. The average molecular weight is 525 g/mol. The standard InChI is InChI=1S/C34H54NO3/c1-5-7-8-9-10-11-12-13-14-16-20-30-23-25-32(26-24-30)37-27-19-28-38-34(36)33(6-2)35(3,4)29-31-21-17-15-18-22-31/h15,17-18,21-26,33H,5-14,16,19-20,27-29H2,1-4H3/q+1. The maximum atomic E-state index is 12.8. The molecule has 212 valence electrons. The third-order valence-corrected chi connectivity index (χ3v) is 7.48. The van der Waals surface area contributed by atoms with Crippen molar-refractivity contribution in [3.63, 3.8) is 0 Å². The molecule has 38 heavy (non-hydrogen) atoms. The van der Waals surface area contributed by atoms with Crippen molar-refractivity contribution in [3.8, 4) is 5.75 Å². The van der Waals surface area contributed by atoms with Crippen LogP contribution in [-0.2, 0) is 22.5 Å². The summed E-state index contributed by atoms with van der Waals surface area (Å²) in [4.78, 5) is 12.8. The predicted octanol–water partition coefficient (Wildman–Crippen LogP) is 8.52. The Bertz CT molecular complexity index is 863. The molecule has 1 atom stereocenters. The van der Waals surface area contributed by atoms with E-state index in [1.807, 2.05) is 18.2 Å². The lowest BCUT2D eigenvalue weighted by atomic mass is 10.0. The number of unbranched alkanes of at least 4 members (excludes halogenated alkanes) is 9. The molecule has 0 fully saturated rings. The van der Waals surface area contributed by atoms with Gasteiger partial charge in [0.1, 0.15) is 12.3 Å². The molecule has 4 heteroatoms. The SMILES string of the molecule is CCCCCCCCCCCCc1ccc(OCCCOC(=O)C(CC)[N+](C)(C)Cc2ccccc2)cc1. The van der Waals surface area contributed by atoms with Crippen LogP contribution in [0.3, 0.4) is 0 Å². The molecule has 0 amide bonds. The minimum atomic E-state index is -0.181. The number of ether oxygens (including phenoxy) is 2. The first-order valence-corrected chi connectivity index (χ1v) is 15.2. The molecule has 0 spiro atoms. The molecule has 2 aromatic carbocycles. The fourth-order valence-corrected chi connectivity index (χ4v) is 5.20. The molecule has 0 radical (unpaired) electrons. The van der Waals surface area contributed by atoms with Crippen LogP contribution in [0.1, 0.15) is 102 Å². The van der Waals surface area contributed by atoms with Crippen molar-refractivity contribution in [1.82, 2.24) is 0 Å². The molecular formula is C34H54NO3+. The van der Waals surface area contributed by atoms with Gasteiger partial charge in [0.15, 0.2) is 6.04 Å². The van der Waals surface area contributed by atoms with Crippen molar-refractivity contribution in [2.24, 2.45) is 0 Å². The van der Waals surface area contributed by atoms with Crippen molar-refractivity contribution in [2.75, 3.05) is 27.3 Å². The lowest BCUT2D eigenvalue weighted by Crippen LogP contribution is -2.52. The van der Waals surface area contributed by atoms with Crippen molar-refractivity contribution >= 4 is 5.97 Å². The highest BCUT2D eigenvalue weighted by Gasteiger charge is 2.34. The summed E-state index contributed by atoms with van der Waals surface area (Å²) in [5.74, 6) is 0.764. The van der Waals surface area contributed by atoms with E-state index >= 15 is 0 Å². The Morgan fingerprint density at radius 3 is 1.92 bits per heavy atom. The molecule has 2 rings (SSSR count). The first-order valence-electron chi connectivity index (χ1n) is 15.2. The number of quaternary nitrogens is 1. The molecule has 0 aromatic heterocycles. The van der Waals surface area contributed by atoms with Crippen molar-refractivity contribution in [1.29, 1.82) is 0 Å². The van der Waals surface area contributed by atoms with Gasteiger partial charge in [0.25, 0.3) is 0 Å². The van der Waals surface area contributed by atoms with E-state index < -0.39 is 0 Å². The number of carbonyl (C=O) groups is 1.